The van der Waals surface area contributed by atoms with Gasteiger partial charge in [-0.1, -0.05) is 64.6 Å². The van der Waals surface area contributed by atoms with Crippen LogP contribution in [0.4, 0.5) is 0 Å². The quantitative estimate of drug-likeness (QED) is 0.634. The molecule has 2 fully saturated rings. The molecule has 3 rings (SSSR count). The fourth-order valence-electron chi connectivity index (χ4n) is 4.24. The number of halogens is 1. The fourth-order valence-corrected chi connectivity index (χ4v) is 6.01. The lowest BCUT2D eigenvalue weighted by molar-refractivity contribution is -0.125. The molecule has 1 aliphatic carbocycles. The van der Waals surface area contributed by atoms with E-state index < -0.39 is 10.0 Å². The largest absolute Gasteiger partial charge is 0.356 e. The standard InChI is InChI=1S/C21H31ClN2O3S.2CH4/c22-19-9-6-10-20(15-19)28(26,27)24-13-11-17(12-14-24)16-23-21(25)18-7-4-2-1-3-5-8-18;;/h6,9-10,15,17-18H,1-5,7-8,11-14,16H2,(H,23,25);2*1H4. The van der Waals surface area contributed by atoms with Gasteiger partial charge in [0.05, 0.1) is 4.90 Å². The van der Waals surface area contributed by atoms with Crippen LogP contribution in [0.5, 0.6) is 0 Å². The third-order valence-electron chi connectivity index (χ3n) is 6.05. The van der Waals surface area contributed by atoms with Crippen LogP contribution < -0.4 is 5.32 Å². The van der Waals surface area contributed by atoms with Gasteiger partial charge < -0.3 is 5.32 Å². The third kappa shape index (κ3) is 7.24. The molecular weight excluding hydrogens is 420 g/mol. The van der Waals surface area contributed by atoms with Crippen molar-refractivity contribution in [3.05, 3.63) is 29.3 Å². The zero-order valence-electron chi connectivity index (χ0n) is 16.4. The Hall–Kier alpha value is -1.11. The van der Waals surface area contributed by atoms with E-state index in [1.165, 1.54) is 29.6 Å². The Bertz CT molecular complexity index is 753. The highest BCUT2D eigenvalue weighted by Crippen LogP contribution is 2.26. The highest BCUT2D eigenvalue weighted by atomic mass is 35.5. The highest BCUT2D eigenvalue weighted by molar-refractivity contribution is 7.89. The van der Waals surface area contributed by atoms with Crippen molar-refractivity contribution >= 4 is 27.5 Å². The molecule has 0 radical (unpaired) electrons. The summed E-state index contributed by atoms with van der Waals surface area (Å²) in [6.07, 6.45) is 9.62. The zero-order chi connectivity index (χ0) is 20.0. The van der Waals surface area contributed by atoms with E-state index >= 15 is 0 Å². The van der Waals surface area contributed by atoms with Gasteiger partial charge in [-0.3, -0.25) is 4.79 Å². The second-order valence-electron chi connectivity index (χ2n) is 8.09. The molecule has 5 nitrogen and oxygen atoms in total. The molecule has 0 aromatic heterocycles. The molecular formula is C23H39ClN2O3S. The van der Waals surface area contributed by atoms with Gasteiger partial charge in [0, 0.05) is 30.6 Å². The molecule has 1 aromatic rings. The SMILES string of the molecule is C.C.O=C(NCC1CCN(S(=O)(=O)c2cccc(Cl)c2)CC1)C1CCCCCCC1. The minimum absolute atomic E-state index is 0. The van der Waals surface area contributed by atoms with Crippen molar-refractivity contribution in [1.82, 2.24) is 9.62 Å². The molecule has 0 atom stereocenters. The first-order valence-corrected chi connectivity index (χ1v) is 12.3. The Balaban J connectivity index is 0.00000225. The summed E-state index contributed by atoms with van der Waals surface area (Å²) in [6.45, 7) is 1.62. The molecule has 172 valence electrons. The van der Waals surface area contributed by atoms with Gasteiger partial charge in [-0.2, -0.15) is 4.31 Å². The normalized spacial score (nSPS) is 19.6. The van der Waals surface area contributed by atoms with E-state index in [0.717, 1.165) is 38.5 Å². The molecule has 1 saturated carbocycles. The first-order chi connectivity index (χ1) is 13.5. The monoisotopic (exact) mass is 458 g/mol. The zero-order valence-corrected chi connectivity index (χ0v) is 18.0. The van der Waals surface area contributed by atoms with Gasteiger partial charge in [0.2, 0.25) is 15.9 Å². The number of hydrogen-bond donors (Lipinski definition) is 1. The van der Waals surface area contributed by atoms with Crippen LogP contribution in [0.1, 0.15) is 72.6 Å². The molecule has 1 aromatic carbocycles. The van der Waals surface area contributed by atoms with E-state index in [1.807, 2.05) is 0 Å². The predicted octanol–water partition coefficient (Wildman–Crippen LogP) is 5.49. The summed E-state index contributed by atoms with van der Waals surface area (Å²) in [7, 11) is -3.50. The maximum absolute atomic E-state index is 12.8. The number of amides is 1. The lowest BCUT2D eigenvalue weighted by Gasteiger charge is -2.31. The lowest BCUT2D eigenvalue weighted by Crippen LogP contribution is -2.42. The van der Waals surface area contributed by atoms with E-state index in [1.54, 1.807) is 18.2 Å². The van der Waals surface area contributed by atoms with E-state index in [0.29, 0.717) is 30.6 Å². The molecule has 1 aliphatic heterocycles. The number of nitrogens with zero attached hydrogens (tertiary/aromatic N) is 1. The van der Waals surface area contributed by atoms with Crippen LogP contribution in [0.2, 0.25) is 5.02 Å². The van der Waals surface area contributed by atoms with Crippen LogP contribution in [0.3, 0.4) is 0 Å². The maximum atomic E-state index is 12.8. The molecule has 7 heteroatoms. The Morgan fingerprint density at radius 2 is 1.60 bits per heavy atom. The molecule has 2 aliphatic rings. The molecule has 1 amide bonds. The van der Waals surface area contributed by atoms with E-state index in [9.17, 15) is 13.2 Å². The van der Waals surface area contributed by atoms with Gasteiger partial charge in [-0.15, -0.1) is 0 Å². The number of nitrogens with one attached hydrogen (secondary N) is 1. The number of benzene rings is 1. The van der Waals surface area contributed by atoms with Gasteiger partial charge in [-0.05, 0) is 49.8 Å². The Labute approximate surface area is 188 Å². The first-order valence-electron chi connectivity index (χ1n) is 10.5. The summed E-state index contributed by atoms with van der Waals surface area (Å²) in [5, 5.41) is 3.56. The van der Waals surface area contributed by atoms with Gasteiger partial charge in [-0.25, -0.2) is 8.42 Å². The van der Waals surface area contributed by atoms with Gasteiger partial charge in [0.1, 0.15) is 0 Å². The van der Waals surface area contributed by atoms with Gasteiger partial charge >= 0.3 is 0 Å². The van der Waals surface area contributed by atoms with Crippen molar-refractivity contribution in [2.75, 3.05) is 19.6 Å². The molecule has 0 spiro atoms. The van der Waals surface area contributed by atoms with E-state index in [2.05, 4.69) is 5.32 Å². The molecule has 1 N–H and O–H groups in total. The van der Waals surface area contributed by atoms with Crippen LogP contribution in [0.15, 0.2) is 29.2 Å². The smallest absolute Gasteiger partial charge is 0.243 e. The molecule has 0 bridgehead atoms. The highest BCUT2D eigenvalue weighted by Gasteiger charge is 2.30. The minimum atomic E-state index is -3.50. The average Bonchev–Trinajstić information content (AvgIpc) is 2.66. The Morgan fingerprint density at radius 1 is 1.00 bits per heavy atom. The van der Waals surface area contributed by atoms with Crippen molar-refractivity contribution < 1.29 is 13.2 Å². The summed E-state index contributed by atoms with van der Waals surface area (Å²) < 4.78 is 27.1. The summed E-state index contributed by atoms with van der Waals surface area (Å²) in [6, 6.07) is 6.42. The predicted molar refractivity (Wildman–Crippen MR) is 125 cm³/mol. The van der Waals surface area contributed by atoms with Gasteiger partial charge in [0.15, 0.2) is 0 Å². The topological polar surface area (TPSA) is 66.5 Å². The molecule has 1 saturated heterocycles. The molecule has 1 heterocycles. The summed E-state index contributed by atoms with van der Waals surface area (Å²) in [4.78, 5) is 12.8. The summed E-state index contributed by atoms with van der Waals surface area (Å²) in [5.74, 6) is 0.683. The summed E-state index contributed by atoms with van der Waals surface area (Å²) >= 11 is 5.94. The van der Waals surface area contributed by atoms with Crippen molar-refractivity contribution in [3.63, 3.8) is 0 Å². The number of hydrogen-bond acceptors (Lipinski definition) is 3. The maximum Gasteiger partial charge on any atom is 0.243 e. The lowest BCUT2D eigenvalue weighted by atomic mass is 9.90. The minimum Gasteiger partial charge on any atom is -0.356 e. The Kier molecular flexibility index (Phi) is 11.4. The van der Waals surface area contributed by atoms with Crippen molar-refractivity contribution in [1.29, 1.82) is 0 Å². The van der Waals surface area contributed by atoms with Crippen LogP contribution >= 0.6 is 11.6 Å². The number of carbonyl (C=O) groups excluding carboxylic acids is 1. The van der Waals surface area contributed by atoms with E-state index in [4.69, 9.17) is 11.6 Å². The first kappa shape index (κ1) is 26.9. The van der Waals surface area contributed by atoms with Crippen molar-refractivity contribution in [2.24, 2.45) is 11.8 Å². The third-order valence-corrected chi connectivity index (χ3v) is 8.18. The molecule has 30 heavy (non-hydrogen) atoms. The number of carbonyl (C=O) groups is 1. The Morgan fingerprint density at radius 3 is 2.20 bits per heavy atom. The van der Waals surface area contributed by atoms with E-state index in [-0.39, 0.29) is 31.6 Å². The van der Waals surface area contributed by atoms with Crippen LogP contribution in [0.25, 0.3) is 0 Å². The van der Waals surface area contributed by atoms with Crippen LogP contribution in [-0.4, -0.2) is 38.3 Å². The summed E-state index contributed by atoms with van der Waals surface area (Å²) in [5.41, 5.74) is 0. The van der Waals surface area contributed by atoms with Crippen LogP contribution in [0, 0.1) is 11.8 Å². The second-order valence-corrected chi connectivity index (χ2v) is 10.5. The molecule has 0 unspecified atom stereocenters. The van der Waals surface area contributed by atoms with Crippen molar-refractivity contribution in [3.8, 4) is 0 Å². The number of piperidine rings is 1. The fraction of sp³-hybridized carbons (Fsp3) is 0.696. The van der Waals surface area contributed by atoms with Crippen molar-refractivity contribution in [2.45, 2.75) is 77.5 Å². The average molecular weight is 459 g/mol. The second kappa shape index (κ2) is 12.7. The van der Waals surface area contributed by atoms with Crippen LogP contribution in [-0.2, 0) is 14.8 Å². The number of rotatable bonds is 5. The number of sulfonamides is 1. The van der Waals surface area contributed by atoms with Gasteiger partial charge in [0.25, 0.3) is 0 Å².